The lowest BCUT2D eigenvalue weighted by Gasteiger charge is -2.18. The van der Waals surface area contributed by atoms with Gasteiger partial charge in [0.25, 0.3) is 0 Å². The molecule has 4 nitrogen and oxygen atoms in total. The van der Waals surface area contributed by atoms with E-state index < -0.39 is 11.4 Å². The number of nitrogens with zero attached hydrogens (tertiary/aromatic N) is 2. The van der Waals surface area contributed by atoms with Crippen molar-refractivity contribution in [3.05, 3.63) is 23.8 Å². The molecule has 1 aromatic heterocycles. The third-order valence-corrected chi connectivity index (χ3v) is 2.98. The molecule has 1 fully saturated rings. The highest BCUT2D eigenvalue weighted by Crippen LogP contribution is 2.47. The fraction of sp³-hybridized carbons (Fsp3) is 0.583. The predicted molar refractivity (Wildman–Crippen MR) is 59.3 cm³/mol. The van der Waals surface area contributed by atoms with Crippen LogP contribution in [0.25, 0.3) is 0 Å². The molecule has 0 bridgehead atoms. The van der Waals surface area contributed by atoms with Crippen LogP contribution in [0.2, 0.25) is 0 Å². The minimum absolute atomic E-state index is 0.148. The second-order valence-electron chi connectivity index (χ2n) is 5.40. The number of carbonyl (C=O) groups is 1. The number of aromatic nitrogens is 2. The smallest absolute Gasteiger partial charge is 0.315 e. The van der Waals surface area contributed by atoms with Crippen LogP contribution in [-0.2, 0) is 15.6 Å². The van der Waals surface area contributed by atoms with Gasteiger partial charge in [-0.15, -0.1) is 0 Å². The first-order chi connectivity index (χ1) is 7.36. The first kappa shape index (κ1) is 11.0. The molecule has 16 heavy (non-hydrogen) atoms. The van der Waals surface area contributed by atoms with Crippen LogP contribution in [0.3, 0.4) is 0 Å². The van der Waals surface area contributed by atoms with Gasteiger partial charge >= 0.3 is 5.97 Å². The normalized spacial score (nSPS) is 18.2. The SMILES string of the molecule is CC(C)(C)c1nccc(C2(C(=O)O)CC2)n1. The summed E-state index contributed by atoms with van der Waals surface area (Å²) < 4.78 is 0. The molecular weight excluding hydrogens is 204 g/mol. The second-order valence-corrected chi connectivity index (χ2v) is 5.40. The lowest BCUT2D eigenvalue weighted by molar-refractivity contribution is -0.140. The second kappa shape index (κ2) is 3.27. The van der Waals surface area contributed by atoms with E-state index in [4.69, 9.17) is 0 Å². The van der Waals surface area contributed by atoms with Gasteiger partial charge in [-0.25, -0.2) is 9.97 Å². The Bertz CT molecular complexity index is 431. The fourth-order valence-corrected chi connectivity index (χ4v) is 1.69. The Labute approximate surface area is 94.7 Å². The van der Waals surface area contributed by atoms with Gasteiger partial charge in [-0.3, -0.25) is 4.79 Å². The molecule has 0 spiro atoms. The van der Waals surface area contributed by atoms with Crippen molar-refractivity contribution < 1.29 is 9.90 Å². The number of aliphatic carboxylic acids is 1. The van der Waals surface area contributed by atoms with Crippen LogP contribution in [0.5, 0.6) is 0 Å². The molecule has 0 atom stereocenters. The average Bonchev–Trinajstić information content (AvgIpc) is 2.97. The molecule has 1 aliphatic carbocycles. The number of hydrogen-bond acceptors (Lipinski definition) is 3. The molecule has 0 saturated heterocycles. The molecule has 4 heteroatoms. The van der Waals surface area contributed by atoms with Crippen LogP contribution >= 0.6 is 0 Å². The van der Waals surface area contributed by atoms with Gasteiger partial charge in [-0.05, 0) is 18.9 Å². The van der Waals surface area contributed by atoms with E-state index in [1.54, 1.807) is 12.3 Å². The highest BCUT2D eigenvalue weighted by molar-refractivity contribution is 5.84. The van der Waals surface area contributed by atoms with Crippen molar-refractivity contribution in [2.45, 2.75) is 44.4 Å². The number of hydrogen-bond donors (Lipinski definition) is 1. The van der Waals surface area contributed by atoms with E-state index in [0.29, 0.717) is 24.4 Å². The van der Waals surface area contributed by atoms with E-state index in [1.165, 1.54) is 0 Å². The molecule has 86 valence electrons. The third kappa shape index (κ3) is 1.68. The molecule has 0 unspecified atom stereocenters. The molecule has 0 aromatic carbocycles. The lowest BCUT2D eigenvalue weighted by atomic mass is 9.94. The maximum Gasteiger partial charge on any atom is 0.315 e. The quantitative estimate of drug-likeness (QED) is 0.826. The van der Waals surface area contributed by atoms with Crippen LogP contribution in [0.4, 0.5) is 0 Å². The molecule has 1 aliphatic rings. The van der Waals surface area contributed by atoms with Gasteiger partial charge in [0, 0.05) is 11.6 Å². The Hall–Kier alpha value is -1.45. The molecule has 1 saturated carbocycles. The molecule has 1 aromatic rings. The summed E-state index contributed by atoms with van der Waals surface area (Å²) in [5.41, 5.74) is -0.229. The summed E-state index contributed by atoms with van der Waals surface area (Å²) >= 11 is 0. The summed E-state index contributed by atoms with van der Waals surface area (Å²) in [5.74, 6) is -0.0661. The van der Waals surface area contributed by atoms with E-state index >= 15 is 0 Å². The Morgan fingerprint density at radius 3 is 2.50 bits per heavy atom. The minimum Gasteiger partial charge on any atom is -0.481 e. The highest BCUT2D eigenvalue weighted by Gasteiger charge is 2.53. The van der Waals surface area contributed by atoms with Crippen molar-refractivity contribution in [3.8, 4) is 0 Å². The van der Waals surface area contributed by atoms with E-state index in [2.05, 4.69) is 9.97 Å². The first-order valence-corrected chi connectivity index (χ1v) is 5.44. The Kier molecular flexibility index (Phi) is 2.26. The standard InChI is InChI=1S/C12H16N2O2/c1-11(2,3)9-13-7-4-8(14-9)12(5-6-12)10(15)16/h4,7H,5-6H2,1-3H3,(H,15,16). The maximum atomic E-state index is 11.2. The molecule has 0 radical (unpaired) electrons. The summed E-state index contributed by atoms with van der Waals surface area (Å²) in [5, 5.41) is 9.19. The van der Waals surface area contributed by atoms with Gasteiger partial charge in [-0.2, -0.15) is 0 Å². The van der Waals surface area contributed by atoms with Gasteiger partial charge in [0.05, 0.1) is 5.69 Å². The molecular formula is C12H16N2O2. The van der Waals surface area contributed by atoms with Gasteiger partial charge in [0.1, 0.15) is 11.2 Å². The molecule has 2 rings (SSSR count). The first-order valence-electron chi connectivity index (χ1n) is 5.44. The van der Waals surface area contributed by atoms with Crippen LogP contribution in [-0.4, -0.2) is 21.0 Å². The maximum absolute atomic E-state index is 11.2. The van der Waals surface area contributed by atoms with Gasteiger partial charge in [0.15, 0.2) is 0 Å². The van der Waals surface area contributed by atoms with E-state index in [1.807, 2.05) is 20.8 Å². The van der Waals surface area contributed by atoms with Crippen molar-refractivity contribution in [1.82, 2.24) is 9.97 Å². The number of rotatable bonds is 2. The van der Waals surface area contributed by atoms with Crippen molar-refractivity contribution in [3.63, 3.8) is 0 Å². The zero-order valence-corrected chi connectivity index (χ0v) is 9.82. The van der Waals surface area contributed by atoms with Crippen molar-refractivity contribution >= 4 is 5.97 Å². The van der Waals surface area contributed by atoms with Crippen molar-refractivity contribution in [1.29, 1.82) is 0 Å². The molecule has 1 N–H and O–H groups in total. The van der Waals surface area contributed by atoms with Gasteiger partial charge in [0.2, 0.25) is 0 Å². The van der Waals surface area contributed by atoms with Crippen LogP contribution in [0.15, 0.2) is 12.3 Å². The van der Waals surface area contributed by atoms with Crippen molar-refractivity contribution in [2.75, 3.05) is 0 Å². The summed E-state index contributed by atoms with van der Waals surface area (Å²) in [6, 6.07) is 1.72. The average molecular weight is 220 g/mol. The zero-order valence-electron chi connectivity index (χ0n) is 9.82. The Morgan fingerprint density at radius 1 is 1.44 bits per heavy atom. The monoisotopic (exact) mass is 220 g/mol. The van der Waals surface area contributed by atoms with Crippen LogP contribution in [0.1, 0.15) is 45.1 Å². The third-order valence-electron chi connectivity index (χ3n) is 2.98. The van der Waals surface area contributed by atoms with E-state index in [-0.39, 0.29) is 5.41 Å². The predicted octanol–water partition coefficient (Wildman–Crippen LogP) is 1.89. The largest absolute Gasteiger partial charge is 0.481 e. The highest BCUT2D eigenvalue weighted by atomic mass is 16.4. The topological polar surface area (TPSA) is 63.1 Å². The lowest BCUT2D eigenvalue weighted by Crippen LogP contribution is -2.24. The van der Waals surface area contributed by atoms with Crippen LogP contribution in [0, 0.1) is 0 Å². The van der Waals surface area contributed by atoms with E-state index in [9.17, 15) is 9.90 Å². The van der Waals surface area contributed by atoms with E-state index in [0.717, 1.165) is 0 Å². The minimum atomic E-state index is -0.772. The van der Waals surface area contributed by atoms with Crippen molar-refractivity contribution in [2.24, 2.45) is 0 Å². The summed E-state index contributed by atoms with van der Waals surface area (Å²) in [6.45, 7) is 6.06. The fourth-order valence-electron chi connectivity index (χ4n) is 1.69. The number of carboxylic acids is 1. The Balaban J connectivity index is 2.41. The molecule has 1 heterocycles. The van der Waals surface area contributed by atoms with Gasteiger partial charge < -0.3 is 5.11 Å². The summed E-state index contributed by atoms with van der Waals surface area (Å²) in [6.07, 6.45) is 3.03. The number of carboxylic acid groups (broad SMARTS) is 1. The summed E-state index contributed by atoms with van der Waals surface area (Å²) in [4.78, 5) is 19.8. The Morgan fingerprint density at radius 2 is 2.06 bits per heavy atom. The van der Waals surface area contributed by atoms with Gasteiger partial charge in [-0.1, -0.05) is 20.8 Å². The molecule has 0 amide bonds. The summed E-state index contributed by atoms with van der Waals surface area (Å²) in [7, 11) is 0. The van der Waals surface area contributed by atoms with Crippen LogP contribution < -0.4 is 0 Å². The molecule has 0 aliphatic heterocycles. The zero-order chi connectivity index (χ0) is 12.0.